The summed E-state index contributed by atoms with van der Waals surface area (Å²) in [7, 11) is 0. The van der Waals surface area contributed by atoms with Gasteiger partial charge in [0.15, 0.2) is 11.4 Å². The average Bonchev–Trinajstić information content (AvgIpc) is 2.63. The zero-order chi connectivity index (χ0) is 10.8. The van der Waals surface area contributed by atoms with E-state index in [0.717, 1.165) is 17.7 Å². The number of furan rings is 1. The summed E-state index contributed by atoms with van der Waals surface area (Å²) in [6, 6.07) is 6.94. The lowest BCUT2D eigenvalue weighted by Gasteiger charge is -2.07. The van der Waals surface area contributed by atoms with Gasteiger partial charge in [-0.2, -0.15) is 0 Å². The van der Waals surface area contributed by atoms with E-state index < -0.39 is 0 Å². The number of para-hydroxylation sites is 1. The SMILES string of the molecule is CCNC(C)c1cc2cccc(F)c2o1. The summed E-state index contributed by atoms with van der Waals surface area (Å²) in [5.41, 5.74) is 0.345. The minimum atomic E-state index is -0.303. The molecule has 1 atom stereocenters. The van der Waals surface area contributed by atoms with Gasteiger partial charge < -0.3 is 9.73 Å². The van der Waals surface area contributed by atoms with E-state index in [1.54, 1.807) is 6.07 Å². The fourth-order valence-electron chi connectivity index (χ4n) is 1.67. The Morgan fingerprint density at radius 1 is 1.47 bits per heavy atom. The van der Waals surface area contributed by atoms with Crippen LogP contribution in [0.2, 0.25) is 0 Å². The van der Waals surface area contributed by atoms with Gasteiger partial charge in [0.1, 0.15) is 5.76 Å². The van der Waals surface area contributed by atoms with E-state index in [4.69, 9.17) is 4.42 Å². The van der Waals surface area contributed by atoms with Crippen molar-refractivity contribution in [2.75, 3.05) is 6.54 Å². The Balaban J connectivity index is 2.43. The van der Waals surface area contributed by atoms with Crippen molar-refractivity contribution in [1.82, 2.24) is 5.32 Å². The highest BCUT2D eigenvalue weighted by Crippen LogP contribution is 2.25. The first-order valence-electron chi connectivity index (χ1n) is 5.13. The van der Waals surface area contributed by atoms with Gasteiger partial charge in [-0.05, 0) is 25.6 Å². The topological polar surface area (TPSA) is 25.2 Å². The normalized spacial score (nSPS) is 13.3. The van der Waals surface area contributed by atoms with Crippen LogP contribution in [0.15, 0.2) is 28.7 Å². The summed E-state index contributed by atoms with van der Waals surface area (Å²) in [5, 5.41) is 4.04. The summed E-state index contributed by atoms with van der Waals surface area (Å²) < 4.78 is 18.8. The quantitative estimate of drug-likeness (QED) is 0.835. The highest BCUT2D eigenvalue weighted by Gasteiger charge is 2.12. The second-order valence-electron chi connectivity index (χ2n) is 3.59. The molecule has 1 aromatic carbocycles. The number of fused-ring (bicyclic) bond motifs is 1. The first-order valence-corrected chi connectivity index (χ1v) is 5.13. The molecule has 2 rings (SSSR count). The molecule has 0 fully saturated rings. The van der Waals surface area contributed by atoms with Crippen LogP contribution >= 0.6 is 0 Å². The van der Waals surface area contributed by atoms with Crippen molar-refractivity contribution in [2.45, 2.75) is 19.9 Å². The molecule has 0 saturated carbocycles. The fraction of sp³-hybridized carbons (Fsp3) is 0.333. The third-order valence-electron chi connectivity index (χ3n) is 2.45. The van der Waals surface area contributed by atoms with Crippen LogP contribution in [0, 0.1) is 5.82 Å². The standard InChI is InChI=1S/C12H14FNO/c1-3-14-8(2)11-7-9-5-4-6-10(13)12(9)15-11/h4-8,14H,3H2,1-2H3. The maximum Gasteiger partial charge on any atom is 0.169 e. The molecule has 0 aliphatic carbocycles. The molecular formula is C12H14FNO. The number of hydrogen-bond acceptors (Lipinski definition) is 2. The molecule has 0 radical (unpaired) electrons. The third kappa shape index (κ3) is 1.88. The minimum Gasteiger partial charge on any atom is -0.456 e. The highest BCUT2D eigenvalue weighted by atomic mass is 19.1. The molecule has 0 spiro atoms. The first-order chi connectivity index (χ1) is 7.22. The van der Waals surface area contributed by atoms with E-state index in [-0.39, 0.29) is 11.9 Å². The van der Waals surface area contributed by atoms with Gasteiger partial charge >= 0.3 is 0 Å². The Morgan fingerprint density at radius 3 is 2.93 bits per heavy atom. The zero-order valence-electron chi connectivity index (χ0n) is 8.88. The number of benzene rings is 1. The molecule has 3 heteroatoms. The molecule has 2 aromatic rings. The summed E-state index contributed by atoms with van der Waals surface area (Å²) in [4.78, 5) is 0. The number of nitrogens with one attached hydrogen (secondary N) is 1. The van der Waals surface area contributed by atoms with Gasteiger partial charge in [-0.15, -0.1) is 0 Å². The molecule has 0 aliphatic heterocycles. The molecule has 15 heavy (non-hydrogen) atoms. The van der Waals surface area contributed by atoms with Gasteiger partial charge in [-0.25, -0.2) is 4.39 Å². The molecule has 0 aliphatic rings. The van der Waals surface area contributed by atoms with Crippen molar-refractivity contribution >= 4 is 11.0 Å². The van der Waals surface area contributed by atoms with Crippen LogP contribution in [-0.4, -0.2) is 6.54 Å². The lowest BCUT2D eigenvalue weighted by atomic mass is 10.2. The zero-order valence-corrected chi connectivity index (χ0v) is 8.88. The van der Waals surface area contributed by atoms with E-state index in [9.17, 15) is 4.39 Å². The molecule has 1 unspecified atom stereocenters. The Kier molecular flexibility index (Phi) is 2.73. The third-order valence-corrected chi connectivity index (χ3v) is 2.45. The number of hydrogen-bond donors (Lipinski definition) is 1. The predicted octanol–water partition coefficient (Wildman–Crippen LogP) is 3.24. The summed E-state index contributed by atoms with van der Waals surface area (Å²) in [6.45, 7) is 4.89. The smallest absolute Gasteiger partial charge is 0.169 e. The minimum absolute atomic E-state index is 0.113. The summed E-state index contributed by atoms with van der Waals surface area (Å²) in [5.74, 6) is 0.472. The molecule has 1 aromatic heterocycles. The van der Waals surface area contributed by atoms with E-state index in [1.165, 1.54) is 6.07 Å². The Labute approximate surface area is 88.1 Å². The van der Waals surface area contributed by atoms with Crippen LogP contribution in [0.1, 0.15) is 25.6 Å². The van der Waals surface area contributed by atoms with Crippen molar-refractivity contribution in [3.05, 3.63) is 35.8 Å². The van der Waals surface area contributed by atoms with Crippen LogP contribution in [0.5, 0.6) is 0 Å². The van der Waals surface area contributed by atoms with Crippen molar-refractivity contribution in [3.8, 4) is 0 Å². The van der Waals surface area contributed by atoms with E-state index in [0.29, 0.717) is 5.58 Å². The molecule has 0 saturated heterocycles. The monoisotopic (exact) mass is 207 g/mol. The summed E-state index contributed by atoms with van der Waals surface area (Å²) in [6.07, 6.45) is 0. The largest absolute Gasteiger partial charge is 0.456 e. The number of halogens is 1. The summed E-state index contributed by atoms with van der Waals surface area (Å²) >= 11 is 0. The van der Waals surface area contributed by atoms with Crippen LogP contribution in [0.3, 0.4) is 0 Å². The van der Waals surface area contributed by atoms with E-state index in [1.807, 2.05) is 26.0 Å². The Bertz CT molecular complexity index is 464. The Hall–Kier alpha value is -1.35. The molecule has 1 heterocycles. The molecular weight excluding hydrogens is 193 g/mol. The molecule has 0 bridgehead atoms. The lowest BCUT2D eigenvalue weighted by Crippen LogP contribution is -2.16. The van der Waals surface area contributed by atoms with Crippen molar-refractivity contribution in [3.63, 3.8) is 0 Å². The van der Waals surface area contributed by atoms with Crippen LogP contribution in [0.4, 0.5) is 4.39 Å². The van der Waals surface area contributed by atoms with Crippen LogP contribution in [-0.2, 0) is 0 Å². The van der Waals surface area contributed by atoms with E-state index in [2.05, 4.69) is 5.32 Å². The average molecular weight is 207 g/mol. The number of rotatable bonds is 3. The second-order valence-corrected chi connectivity index (χ2v) is 3.59. The van der Waals surface area contributed by atoms with Gasteiger partial charge in [-0.3, -0.25) is 0 Å². The molecule has 2 nitrogen and oxygen atoms in total. The Morgan fingerprint density at radius 2 is 2.27 bits per heavy atom. The maximum absolute atomic E-state index is 13.3. The maximum atomic E-state index is 13.3. The van der Waals surface area contributed by atoms with E-state index >= 15 is 0 Å². The lowest BCUT2D eigenvalue weighted by molar-refractivity contribution is 0.449. The van der Waals surface area contributed by atoms with Crippen molar-refractivity contribution in [2.24, 2.45) is 0 Å². The van der Waals surface area contributed by atoms with Gasteiger partial charge in [0, 0.05) is 5.39 Å². The van der Waals surface area contributed by atoms with Gasteiger partial charge in [-0.1, -0.05) is 19.1 Å². The van der Waals surface area contributed by atoms with Gasteiger partial charge in [0.2, 0.25) is 0 Å². The highest BCUT2D eigenvalue weighted by molar-refractivity contribution is 5.78. The second kappa shape index (κ2) is 4.03. The van der Waals surface area contributed by atoms with Gasteiger partial charge in [0.05, 0.1) is 6.04 Å². The van der Waals surface area contributed by atoms with Crippen molar-refractivity contribution < 1.29 is 8.81 Å². The van der Waals surface area contributed by atoms with Crippen molar-refractivity contribution in [1.29, 1.82) is 0 Å². The molecule has 80 valence electrons. The van der Waals surface area contributed by atoms with Crippen LogP contribution in [0.25, 0.3) is 11.0 Å². The van der Waals surface area contributed by atoms with Crippen LogP contribution < -0.4 is 5.32 Å². The fourth-order valence-corrected chi connectivity index (χ4v) is 1.67. The molecule has 1 N–H and O–H groups in total. The molecule has 0 amide bonds. The van der Waals surface area contributed by atoms with Gasteiger partial charge in [0.25, 0.3) is 0 Å². The first kappa shape index (κ1) is 10.2. The predicted molar refractivity (Wildman–Crippen MR) is 58.3 cm³/mol.